The van der Waals surface area contributed by atoms with E-state index in [1.54, 1.807) is 0 Å². The molecule has 0 amide bonds. The lowest BCUT2D eigenvalue weighted by molar-refractivity contribution is 0.286. The number of likely N-dealkylation sites (N-methyl/N-ethyl adjacent to an activating group) is 1. The standard InChI is InChI=1S/C13H29N3/c1-11(2)10-16(9-8-15(6)7)12(14)13(3,4)5/h11,14H,8-10H2,1-7H3. The maximum atomic E-state index is 8.24. The Morgan fingerprint density at radius 3 is 1.94 bits per heavy atom. The summed E-state index contributed by atoms with van der Waals surface area (Å²) in [7, 11) is 4.16. The number of hydrogen-bond acceptors (Lipinski definition) is 2. The highest BCUT2D eigenvalue weighted by Gasteiger charge is 2.23. The molecular weight excluding hydrogens is 198 g/mol. The number of rotatable bonds is 5. The summed E-state index contributed by atoms with van der Waals surface area (Å²) >= 11 is 0. The normalized spacial score (nSPS) is 12.3. The molecule has 96 valence electrons. The molecule has 0 aromatic heterocycles. The van der Waals surface area contributed by atoms with Gasteiger partial charge in [0, 0.05) is 25.0 Å². The molecule has 0 atom stereocenters. The molecule has 0 unspecified atom stereocenters. The van der Waals surface area contributed by atoms with Crippen LogP contribution in [-0.2, 0) is 0 Å². The number of nitrogens with zero attached hydrogens (tertiary/aromatic N) is 2. The van der Waals surface area contributed by atoms with Crippen LogP contribution >= 0.6 is 0 Å². The third kappa shape index (κ3) is 6.11. The molecule has 0 spiro atoms. The maximum Gasteiger partial charge on any atom is 0.101 e. The monoisotopic (exact) mass is 227 g/mol. The van der Waals surface area contributed by atoms with E-state index in [1.807, 2.05) is 0 Å². The van der Waals surface area contributed by atoms with E-state index in [0.717, 1.165) is 25.5 Å². The van der Waals surface area contributed by atoms with Crippen molar-refractivity contribution in [1.29, 1.82) is 5.41 Å². The second kappa shape index (κ2) is 6.24. The van der Waals surface area contributed by atoms with Crippen molar-refractivity contribution in [2.24, 2.45) is 11.3 Å². The zero-order valence-corrected chi connectivity index (χ0v) is 12.1. The van der Waals surface area contributed by atoms with E-state index in [-0.39, 0.29) is 5.41 Å². The Bertz CT molecular complexity index is 214. The second-order valence-corrected chi connectivity index (χ2v) is 6.24. The van der Waals surface area contributed by atoms with Crippen LogP contribution in [0.2, 0.25) is 0 Å². The molecule has 0 saturated heterocycles. The molecule has 0 aliphatic rings. The van der Waals surface area contributed by atoms with Crippen LogP contribution in [0.5, 0.6) is 0 Å². The summed E-state index contributed by atoms with van der Waals surface area (Å²) in [4.78, 5) is 4.38. The van der Waals surface area contributed by atoms with Gasteiger partial charge in [0.05, 0.1) is 0 Å². The first kappa shape index (κ1) is 15.4. The SMILES string of the molecule is CC(C)CN(CCN(C)C)C(=N)C(C)(C)C. The molecule has 0 bridgehead atoms. The van der Waals surface area contributed by atoms with Gasteiger partial charge in [-0.3, -0.25) is 5.41 Å². The molecule has 0 aromatic rings. The van der Waals surface area contributed by atoms with Crippen LogP contribution in [0.25, 0.3) is 0 Å². The minimum atomic E-state index is -0.0544. The van der Waals surface area contributed by atoms with Crippen LogP contribution in [-0.4, -0.2) is 49.4 Å². The Labute approximate surface area is 101 Å². The fourth-order valence-electron chi connectivity index (χ4n) is 1.53. The molecule has 0 aromatic carbocycles. The van der Waals surface area contributed by atoms with Crippen molar-refractivity contribution in [3.8, 4) is 0 Å². The Morgan fingerprint density at radius 1 is 1.12 bits per heavy atom. The lowest BCUT2D eigenvalue weighted by Gasteiger charge is -2.34. The van der Waals surface area contributed by atoms with E-state index in [2.05, 4.69) is 58.5 Å². The van der Waals surface area contributed by atoms with Crippen LogP contribution in [0.1, 0.15) is 34.6 Å². The van der Waals surface area contributed by atoms with Crippen molar-refractivity contribution < 1.29 is 0 Å². The van der Waals surface area contributed by atoms with Crippen LogP contribution < -0.4 is 0 Å². The lowest BCUT2D eigenvalue weighted by atomic mass is 9.93. The summed E-state index contributed by atoms with van der Waals surface area (Å²) in [5.74, 6) is 1.35. The summed E-state index contributed by atoms with van der Waals surface area (Å²) in [6.45, 7) is 13.7. The van der Waals surface area contributed by atoms with Gasteiger partial charge in [0.25, 0.3) is 0 Å². The molecule has 0 aliphatic heterocycles. The van der Waals surface area contributed by atoms with Gasteiger partial charge in [-0.25, -0.2) is 0 Å². The smallest absolute Gasteiger partial charge is 0.101 e. The molecule has 0 heterocycles. The van der Waals surface area contributed by atoms with Crippen molar-refractivity contribution in [3.63, 3.8) is 0 Å². The van der Waals surface area contributed by atoms with E-state index >= 15 is 0 Å². The maximum absolute atomic E-state index is 8.24. The lowest BCUT2D eigenvalue weighted by Crippen LogP contribution is -2.44. The summed E-state index contributed by atoms with van der Waals surface area (Å²) in [5.41, 5.74) is -0.0544. The molecule has 3 heteroatoms. The number of nitrogens with one attached hydrogen (secondary N) is 1. The average Bonchev–Trinajstić information content (AvgIpc) is 2.08. The average molecular weight is 227 g/mol. The van der Waals surface area contributed by atoms with Gasteiger partial charge >= 0.3 is 0 Å². The minimum Gasteiger partial charge on any atom is -0.359 e. The summed E-state index contributed by atoms with van der Waals surface area (Å²) in [6, 6.07) is 0. The molecule has 3 nitrogen and oxygen atoms in total. The molecular formula is C13H29N3. The Morgan fingerprint density at radius 2 is 1.62 bits per heavy atom. The van der Waals surface area contributed by atoms with Gasteiger partial charge in [0.2, 0.25) is 0 Å². The van der Waals surface area contributed by atoms with E-state index in [0.29, 0.717) is 5.92 Å². The Kier molecular flexibility index (Phi) is 6.01. The predicted molar refractivity (Wildman–Crippen MR) is 72.1 cm³/mol. The van der Waals surface area contributed by atoms with Gasteiger partial charge in [-0.05, 0) is 20.0 Å². The van der Waals surface area contributed by atoms with Gasteiger partial charge in [-0.2, -0.15) is 0 Å². The van der Waals surface area contributed by atoms with Crippen molar-refractivity contribution in [3.05, 3.63) is 0 Å². The highest BCUT2D eigenvalue weighted by Crippen LogP contribution is 2.18. The topological polar surface area (TPSA) is 30.3 Å². The van der Waals surface area contributed by atoms with Crippen LogP contribution in [0.3, 0.4) is 0 Å². The molecule has 0 radical (unpaired) electrons. The molecule has 0 rings (SSSR count). The van der Waals surface area contributed by atoms with Gasteiger partial charge < -0.3 is 9.80 Å². The zero-order valence-electron chi connectivity index (χ0n) is 12.1. The Balaban J connectivity index is 4.48. The van der Waals surface area contributed by atoms with E-state index < -0.39 is 0 Å². The highest BCUT2D eigenvalue weighted by atomic mass is 15.2. The van der Waals surface area contributed by atoms with E-state index in [9.17, 15) is 0 Å². The van der Waals surface area contributed by atoms with Crippen LogP contribution in [0, 0.1) is 16.7 Å². The minimum absolute atomic E-state index is 0.0544. The fourth-order valence-corrected chi connectivity index (χ4v) is 1.53. The zero-order chi connectivity index (χ0) is 12.9. The fraction of sp³-hybridized carbons (Fsp3) is 0.923. The molecule has 1 N–H and O–H groups in total. The van der Waals surface area contributed by atoms with Crippen molar-refractivity contribution in [1.82, 2.24) is 9.80 Å². The largest absolute Gasteiger partial charge is 0.359 e. The van der Waals surface area contributed by atoms with Gasteiger partial charge in [-0.1, -0.05) is 34.6 Å². The summed E-state index contributed by atoms with van der Waals surface area (Å²) in [6.07, 6.45) is 0. The summed E-state index contributed by atoms with van der Waals surface area (Å²) < 4.78 is 0. The first-order valence-corrected chi connectivity index (χ1v) is 6.13. The second-order valence-electron chi connectivity index (χ2n) is 6.24. The van der Waals surface area contributed by atoms with Crippen molar-refractivity contribution in [2.45, 2.75) is 34.6 Å². The van der Waals surface area contributed by atoms with Crippen molar-refractivity contribution >= 4 is 5.84 Å². The van der Waals surface area contributed by atoms with Crippen LogP contribution in [0.15, 0.2) is 0 Å². The van der Waals surface area contributed by atoms with E-state index in [4.69, 9.17) is 5.41 Å². The van der Waals surface area contributed by atoms with Gasteiger partial charge in [-0.15, -0.1) is 0 Å². The van der Waals surface area contributed by atoms with Gasteiger partial charge in [0.15, 0.2) is 0 Å². The van der Waals surface area contributed by atoms with E-state index in [1.165, 1.54) is 0 Å². The third-order valence-corrected chi connectivity index (χ3v) is 2.43. The third-order valence-electron chi connectivity index (χ3n) is 2.43. The summed E-state index contributed by atoms with van der Waals surface area (Å²) in [5, 5.41) is 8.24. The first-order chi connectivity index (χ1) is 7.14. The molecule has 0 aliphatic carbocycles. The molecule has 0 fully saturated rings. The molecule has 0 saturated carbocycles. The molecule has 16 heavy (non-hydrogen) atoms. The van der Waals surface area contributed by atoms with Crippen molar-refractivity contribution in [2.75, 3.05) is 33.7 Å². The van der Waals surface area contributed by atoms with Crippen LogP contribution in [0.4, 0.5) is 0 Å². The highest BCUT2D eigenvalue weighted by molar-refractivity contribution is 5.84. The first-order valence-electron chi connectivity index (χ1n) is 6.13. The van der Waals surface area contributed by atoms with Gasteiger partial charge in [0.1, 0.15) is 5.84 Å². The quantitative estimate of drug-likeness (QED) is 0.578. The predicted octanol–water partition coefficient (Wildman–Crippen LogP) is 2.53. The number of hydrogen-bond donors (Lipinski definition) is 1. The number of amidine groups is 1. The Hall–Kier alpha value is -0.570.